The van der Waals surface area contributed by atoms with Crippen LogP contribution < -0.4 is 16.0 Å². The highest BCUT2D eigenvalue weighted by Crippen LogP contribution is 2.46. The third-order valence-electron chi connectivity index (χ3n) is 7.13. The smallest absolute Gasteiger partial charge is 0.313 e. The van der Waals surface area contributed by atoms with Crippen molar-refractivity contribution in [2.45, 2.75) is 65.0 Å². The van der Waals surface area contributed by atoms with Crippen molar-refractivity contribution in [2.24, 2.45) is 5.41 Å². The van der Waals surface area contributed by atoms with Crippen molar-refractivity contribution in [1.82, 2.24) is 15.2 Å². The van der Waals surface area contributed by atoms with Gasteiger partial charge in [0.1, 0.15) is 12.1 Å². The summed E-state index contributed by atoms with van der Waals surface area (Å²) in [5, 5.41) is 18.0. The minimum Gasteiger partial charge on any atom is -0.336 e. The van der Waals surface area contributed by atoms with E-state index in [2.05, 4.69) is 27.0 Å². The number of rotatable bonds is 4. The first-order valence-electron chi connectivity index (χ1n) is 12.5. The van der Waals surface area contributed by atoms with Crippen LogP contribution in [0.2, 0.25) is 0 Å². The highest BCUT2D eigenvalue weighted by molar-refractivity contribution is 6.40. The van der Waals surface area contributed by atoms with Gasteiger partial charge in [0.25, 0.3) is 0 Å². The van der Waals surface area contributed by atoms with Crippen LogP contribution in [0, 0.1) is 30.6 Å². The molecule has 0 saturated carbocycles. The van der Waals surface area contributed by atoms with Gasteiger partial charge in [0, 0.05) is 24.8 Å². The maximum atomic E-state index is 13.9. The van der Waals surface area contributed by atoms with Crippen LogP contribution in [-0.2, 0) is 24.6 Å². The fourth-order valence-electron chi connectivity index (χ4n) is 5.28. The van der Waals surface area contributed by atoms with Gasteiger partial charge < -0.3 is 20.9 Å². The number of anilines is 2. The van der Waals surface area contributed by atoms with Gasteiger partial charge in [-0.2, -0.15) is 5.26 Å². The summed E-state index contributed by atoms with van der Waals surface area (Å²) in [5.41, 5.74) is 1.72. The monoisotopic (exact) mass is 516 g/mol. The van der Waals surface area contributed by atoms with Crippen LogP contribution in [0.4, 0.5) is 11.4 Å². The Bertz CT molecular complexity index is 1340. The molecule has 2 aliphatic heterocycles. The van der Waals surface area contributed by atoms with Crippen LogP contribution in [0.1, 0.15) is 50.4 Å². The molecule has 1 spiro atoms. The van der Waals surface area contributed by atoms with Gasteiger partial charge >= 0.3 is 11.8 Å². The number of nitrogens with zero attached hydrogens (tertiary/aromatic N) is 3. The molecule has 1 saturated heterocycles. The van der Waals surface area contributed by atoms with Crippen LogP contribution in [-0.4, -0.2) is 52.1 Å². The second-order valence-corrected chi connectivity index (χ2v) is 11.2. The zero-order chi connectivity index (χ0) is 27.8. The van der Waals surface area contributed by atoms with Gasteiger partial charge in [-0.25, -0.2) is 0 Å². The quantitative estimate of drug-likeness (QED) is 0.533. The minimum atomic E-state index is -1.07. The Morgan fingerprint density at radius 3 is 2.58 bits per heavy atom. The molecular weight excluding hydrogens is 484 g/mol. The summed E-state index contributed by atoms with van der Waals surface area (Å²) in [5.74, 6) is -2.65. The summed E-state index contributed by atoms with van der Waals surface area (Å²) < 4.78 is 0. The average molecular weight is 517 g/mol. The second kappa shape index (κ2) is 9.89. The van der Waals surface area contributed by atoms with Crippen molar-refractivity contribution in [1.29, 1.82) is 5.26 Å². The highest BCUT2D eigenvalue weighted by Gasteiger charge is 2.56. The molecule has 1 fully saturated rings. The molecule has 0 unspecified atom stereocenters. The van der Waals surface area contributed by atoms with E-state index in [4.69, 9.17) is 0 Å². The standard InChI is InChI=1S/C28H32N6O4/c1-16-10-11-30-17(2)22(16)33-24(36)23(35)31-21(13-27(3,4)5)25(37)34-15-28(12-18(34)14-29)19-8-6-7-9-20(19)32-26(28)38/h6-11,18,21H,12-13,15H2,1-5H3,(H,31,35)(H,32,38)(H,33,36)/t18-,21-,28-/m0/s1. The maximum absolute atomic E-state index is 13.9. The summed E-state index contributed by atoms with van der Waals surface area (Å²) in [6.45, 7) is 9.25. The molecule has 4 rings (SSSR count). The number of fused-ring (bicyclic) bond motifs is 2. The van der Waals surface area contributed by atoms with Crippen LogP contribution in [0.5, 0.6) is 0 Å². The summed E-state index contributed by atoms with van der Waals surface area (Å²) in [6, 6.07) is 9.19. The number of amides is 4. The van der Waals surface area contributed by atoms with Crippen molar-refractivity contribution in [3.8, 4) is 6.07 Å². The van der Waals surface area contributed by atoms with Gasteiger partial charge in [-0.3, -0.25) is 24.2 Å². The number of para-hydroxylation sites is 1. The van der Waals surface area contributed by atoms with Gasteiger partial charge in [-0.05, 0) is 48.9 Å². The molecule has 3 atom stereocenters. The van der Waals surface area contributed by atoms with Gasteiger partial charge in [-0.1, -0.05) is 39.0 Å². The van der Waals surface area contributed by atoms with Gasteiger partial charge in [0.15, 0.2) is 0 Å². The molecule has 0 aliphatic carbocycles. The number of hydrogen-bond donors (Lipinski definition) is 3. The molecule has 2 aliphatic rings. The van der Waals surface area contributed by atoms with E-state index < -0.39 is 40.6 Å². The molecule has 10 heteroatoms. The number of likely N-dealkylation sites (tertiary alicyclic amines) is 1. The van der Waals surface area contributed by atoms with E-state index >= 15 is 0 Å². The summed E-state index contributed by atoms with van der Waals surface area (Å²) in [6.07, 6.45) is 1.98. The topological polar surface area (TPSA) is 144 Å². The molecule has 198 valence electrons. The van der Waals surface area contributed by atoms with Crippen LogP contribution in [0.3, 0.4) is 0 Å². The highest BCUT2D eigenvalue weighted by atomic mass is 16.2. The molecular formula is C28H32N6O4. The van der Waals surface area contributed by atoms with Crippen molar-refractivity contribution in [3.63, 3.8) is 0 Å². The third-order valence-corrected chi connectivity index (χ3v) is 7.13. The molecule has 0 bridgehead atoms. The van der Waals surface area contributed by atoms with Crippen LogP contribution in [0.15, 0.2) is 36.5 Å². The Hall–Kier alpha value is -4.26. The lowest BCUT2D eigenvalue weighted by molar-refractivity contribution is -0.141. The number of nitrogens with one attached hydrogen (secondary N) is 3. The fraction of sp³-hybridized carbons (Fsp3) is 0.429. The molecule has 1 aromatic heterocycles. The number of hydrogen-bond acceptors (Lipinski definition) is 6. The summed E-state index contributed by atoms with van der Waals surface area (Å²) >= 11 is 0. The Morgan fingerprint density at radius 1 is 1.21 bits per heavy atom. The molecule has 4 amide bonds. The molecule has 3 heterocycles. The van der Waals surface area contributed by atoms with Crippen molar-refractivity contribution in [3.05, 3.63) is 53.3 Å². The number of aromatic nitrogens is 1. The second-order valence-electron chi connectivity index (χ2n) is 11.2. The molecule has 2 aromatic rings. The Labute approximate surface area is 221 Å². The van der Waals surface area contributed by atoms with E-state index in [1.165, 1.54) is 4.90 Å². The number of nitriles is 1. The van der Waals surface area contributed by atoms with Gasteiger partial charge in [0.2, 0.25) is 11.8 Å². The number of pyridine rings is 1. The molecule has 10 nitrogen and oxygen atoms in total. The lowest BCUT2D eigenvalue weighted by atomic mass is 9.80. The largest absolute Gasteiger partial charge is 0.336 e. The van der Waals surface area contributed by atoms with Gasteiger partial charge in [0.05, 0.1) is 22.9 Å². The molecule has 38 heavy (non-hydrogen) atoms. The van der Waals surface area contributed by atoms with E-state index in [0.29, 0.717) is 17.1 Å². The van der Waals surface area contributed by atoms with E-state index in [1.54, 1.807) is 32.2 Å². The Balaban J connectivity index is 1.58. The number of benzene rings is 1. The number of aryl methyl sites for hydroxylation is 2. The van der Waals surface area contributed by atoms with Gasteiger partial charge in [-0.15, -0.1) is 0 Å². The summed E-state index contributed by atoms with van der Waals surface area (Å²) in [4.78, 5) is 58.2. The first-order chi connectivity index (χ1) is 17.9. The normalized spacial score (nSPS) is 20.9. The Morgan fingerprint density at radius 2 is 1.92 bits per heavy atom. The average Bonchev–Trinajstić information content (AvgIpc) is 3.38. The van der Waals surface area contributed by atoms with Crippen LogP contribution >= 0.6 is 0 Å². The van der Waals surface area contributed by atoms with Crippen LogP contribution in [0.25, 0.3) is 0 Å². The zero-order valence-electron chi connectivity index (χ0n) is 22.2. The van der Waals surface area contributed by atoms with Crippen molar-refractivity contribution >= 4 is 35.0 Å². The molecule has 1 aromatic carbocycles. The number of carbonyl (C=O) groups excluding carboxylic acids is 4. The predicted octanol–water partition coefficient (Wildman–Crippen LogP) is 2.57. The van der Waals surface area contributed by atoms with Crippen molar-refractivity contribution in [2.75, 3.05) is 17.2 Å². The van der Waals surface area contributed by atoms with E-state index in [0.717, 1.165) is 11.1 Å². The number of carbonyl (C=O) groups is 4. The fourth-order valence-corrected chi connectivity index (χ4v) is 5.28. The maximum Gasteiger partial charge on any atom is 0.313 e. The predicted molar refractivity (Wildman–Crippen MR) is 141 cm³/mol. The summed E-state index contributed by atoms with van der Waals surface area (Å²) in [7, 11) is 0. The lowest BCUT2D eigenvalue weighted by Crippen LogP contribution is -2.53. The van der Waals surface area contributed by atoms with E-state index in [9.17, 15) is 24.4 Å². The van der Waals surface area contributed by atoms with E-state index in [-0.39, 0.29) is 25.3 Å². The lowest BCUT2D eigenvalue weighted by Gasteiger charge is -2.31. The minimum absolute atomic E-state index is 0.00366. The van der Waals surface area contributed by atoms with Crippen molar-refractivity contribution < 1.29 is 19.2 Å². The SMILES string of the molecule is Cc1ccnc(C)c1NC(=O)C(=O)N[C@@H](CC(C)(C)C)C(=O)N1C[C@]2(C[C@H]1C#N)C(=O)Nc1ccccc12. The Kier molecular flexibility index (Phi) is 6.98. The third kappa shape index (κ3) is 4.96. The molecule has 0 radical (unpaired) electrons. The van der Waals surface area contributed by atoms with E-state index in [1.807, 2.05) is 39.0 Å². The zero-order valence-corrected chi connectivity index (χ0v) is 22.2. The molecule has 3 N–H and O–H groups in total. The first-order valence-corrected chi connectivity index (χ1v) is 12.5. The first kappa shape index (κ1) is 26.8.